The second-order valence-electron chi connectivity index (χ2n) is 4.32. The highest BCUT2D eigenvalue weighted by Gasteiger charge is 2.11. The molecule has 21 heavy (non-hydrogen) atoms. The zero-order valence-electron chi connectivity index (χ0n) is 11.7. The average Bonchev–Trinajstić information content (AvgIpc) is 2.91. The summed E-state index contributed by atoms with van der Waals surface area (Å²) < 4.78 is 1.91. The number of nitrogens with zero attached hydrogens (tertiary/aromatic N) is 3. The molecule has 0 aromatic carbocycles. The van der Waals surface area contributed by atoms with Gasteiger partial charge in [-0.2, -0.15) is 0 Å². The summed E-state index contributed by atoms with van der Waals surface area (Å²) in [6, 6.07) is 3.40. The Bertz CT molecular complexity index is 682. The first-order valence-corrected chi connectivity index (χ1v) is 6.51. The molecule has 6 nitrogen and oxygen atoms in total. The summed E-state index contributed by atoms with van der Waals surface area (Å²) in [7, 11) is 1.91. The molecule has 0 unspecified atom stereocenters. The van der Waals surface area contributed by atoms with Gasteiger partial charge in [-0.3, -0.25) is 4.79 Å². The molecule has 0 radical (unpaired) electrons. The summed E-state index contributed by atoms with van der Waals surface area (Å²) in [6.45, 7) is 0.211. The summed E-state index contributed by atoms with van der Waals surface area (Å²) in [5, 5.41) is 11.5. The van der Waals surface area contributed by atoms with Gasteiger partial charge in [-0.05, 0) is 12.1 Å². The maximum Gasteiger partial charge on any atom is 0.271 e. The largest absolute Gasteiger partial charge is 0.384 e. The lowest BCUT2D eigenvalue weighted by Gasteiger charge is -2.06. The van der Waals surface area contributed by atoms with E-state index in [1.807, 2.05) is 17.8 Å². The van der Waals surface area contributed by atoms with Crippen molar-refractivity contribution in [2.75, 3.05) is 13.2 Å². The lowest BCUT2D eigenvalue weighted by molar-refractivity contribution is 0.0948. The van der Waals surface area contributed by atoms with Crippen molar-refractivity contribution in [3.05, 3.63) is 47.8 Å². The van der Waals surface area contributed by atoms with Crippen LogP contribution in [0.1, 0.15) is 21.9 Å². The van der Waals surface area contributed by atoms with E-state index in [4.69, 9.17) is 5.11 Å². The van der Waals surface area contributed by atoms with E-state index >= 15 is 0 Å². The maximum atomic E-state index is 12.1. The van der Waals surface area contributed by atoms with Gasteiger partial charge in [0.2, 0.25) is 0 Å². The third kappa shape index (κ3) is 3.91. The van der Waals surface area contributed by atoms with Gasteiger partial charge in [0.15, 0.2) is 0 Å². The van der Waals surface area contributed by atoms with E-state index in [2.05, 4.69) is 27.1 Å². The Morgan fingerprint density at radius 2 is 2.29 bits per heavy atom. The summed E-state index contributed by atoms with van der Waals surface area (Å²) in [5.74, 6) is 5.85. The lowest BCUT2D eigenvalue weighted by Crippen LogP contribution is -2.27. The first kappa shape index (κ1) is 14.8. The van der Waals surface area contributed by atoms with Crippen LogP contribution in [-0.4, -0.2) is 38.7 Å². The molecule has 2 aromatic rings. The van der Waals surface area contributed by atoms with E-state index in [1.165, 1.54) is 6.20 Å². The molecule has 1 amide bonds. The minimum absolute atomic E-state index is 0.255. The van der Waals surface area contributed by atoms with Crippen molar-refractivity contribution < 1.29 is 9.90 Å². The molecule has 0 fully saturated rings. The SMILES string of the molecule is Cn1ccnc1CCNC(=O)c1ncccc1C#CCO. The molecule has 0 spiro atoms. The molecule has 0 bridgehead atoms. The van der Waals surface area contributed by atoms with Crippen LogP contribution >= 0.6 is 0 Å². The molecule has 2 heterocycles. The molecule has 108 valence electrons. The number of aliphatic hydroxyl groups excluding tert-OH is 1. The third-order valence-corrected chi connectivity index (χ3v) is 2.88. The zero-order chi connectivity index (χ0) is 15.1. The van der Waals surface area contributed by atoms with Gasteiger partial charge < -0.3 is 15.0 Å². The number of carbonyl (C=O) groups excluding carboxylic acids is 1. The molecule has 0 saturated carbocycles. The highest BCUT2D eigenvalue weighted by Crippen LogP contribution is 2.03. The van der Waals surface area contributed by atoms with Crippen molar-refractivity contribution in [3.63, 3.8) is 0 Å². The highest BCUT2D eigenvalue weighted by molar-refractivity contribution is 5.94. The predicted molar refractivity (Wildman–Crippen MR) is 77.4 cm³/mol. The van der Waals surface area contributed by atoms with Crippen LogP contribution in [-0.2, 0) is 13.5 Å². The van der Waals surface area contributed by atoms with E-state index in [1.54, 1.807) is 18.3 Å². The summed E-state index contributed by atoms with van der Waals surface area (Å²) >= 11 is 0. The highest BCUT2D eigenvalue weighted by atomic mass is 16.2. The first-order valence-electron chi connectivity index (χ1n) is 6.51. The molecule has 6 heteroatoms. The van der Waals surface area contributed by atoms with Gasteiger partial charge in [0.05, 0.1) is 5.56 Å². The lowest BCUT2D eigenvalue weighted by atomic mass is 10.2. The van der Waals surface area contributed by atoms with Crippen LogP contribution in [0, 0.1) is 11.8 Å². The number of rotatable bonds is 4. The minimum atomic E-state index is -0.285. The van der Waals surface area contributed by atoms with Crippen molar-refractivity contribution in [3.8, 4) is 11.8 Å². The van der Waals surface area contributed by atoms with Gasteiger partial charge in [0.25, 0.3) is 5.91 Å². The van der Waals surface area contributed by atoms with E-state index in [9.17, 15) is 4.79 Å². The Morgan fingerprint density at radius 1 is 1.43 bits per heavy atom. The van der Waals surface area contributed by atoms with Gasteiger partial charge in [-0.15, -0.1) is 0 Å². The van der Waals surface area contributed by atoms with E-state index in [0.29, 0.717) is 18.5 Å². The fraction of sp³-hybridized carbons (Fsp3) is 0.267. The smallest absolute Gasteiger partial charge is 0.271 e. The molecule has 2 aromatic heterocycles. The minimum Gasteiger partial charge on any atom is -0.384 e. The number of hydrogen-bond donors (Lipinski definition) is 2. The van der Waals surface area contributed by atoms with Crippen molar-refractivity contribution >= 4 is 5.91 Å². The number of pyridine rings is 1. The Morgan fingerprint density at radius 3 is 3.00 bits per heavy atom. The number of imidazole rings is 1. The standard InChI is InChI=1S/C15H16N4O2/c1-19-10-9-16-13(19)6-8-18-15(21)14-12(5-3-11-20)4-2-7-17-14/h2,4,7,9-10,20H,6,8,11H2,1H3,(H,18,21). The van der Waals surface area contributed by atoms with Gasteiger partial charge in [-0.1, -0.05) is 11.8 Å². The molecule has 2 N–H and O–H groups in total. The number of nitrogens with one attached hydrogen (secondary N) is 1. The monoisotopic (exact) mass is 284 g/mol. The van der Waals surface area contributed by atoms with Crippen LogP contribution < -0.4 is 5.32 Å². The Hall–Kier alpha value is -2.65. The number of aryl methyl sites for hydroxylation is 1. The van der Waals surface area contributed by atoms with E-state index < -0.39 is 0 Å². The summed E-state index contributed by atoms with van der Waals surface area (Å²) in [5.41, 5.74) is 0.763. The van der Waals surface area contributed by atoms with Crippen LogP contribution in [0.25, 0.3) is 0 Å². The molecule has 0 aliphatic carbocycles. The number of hydrogen-bond acceptors (Lipinski definition) is 4. The van der Waals surface area contributed by atoms with Gasteiger partial charge in [-0.25, -0.2) is 9.97 Å². The molecule has 2 rings (SSSR count). The quantitative estimate of drug-likeness (QED) is 0.782. The topological polar surface area (TPSA) is 80.0 Å². The number of aromatic nitrogens is 3. The first-order chi connectivity index (χ1) is 10.2. The number of carbonyl (C=O) groups is 1. The van der Waals surface area contributed by atoms with Crippen LogP contribution in [0.3, 0.4) is 0 Å². The number of amides is 1. The Kier molecular flexibility index (Phi) is 5.07. The van der Waals surface area contributed by atoms with Crippen LogP contribution in [0.15, 0.2) is 30.7 Å². The predicted octanol–water partition coefficient (Wildman–Crippen LogP) is 0.131. The third-order valence-electron chi connectivity index (χ3n) is 2.88. The normalized spacial score (nSPS) is 9.81. The van der Waals surface area contributed by atoms with Crippen molar-refractivity contribution in [2.45, 2.75) is 6.42 Å². The fourth-order valence-electron chi connectivity index (χ4n) is 1.83. The average molecular weight is 284 g/mol. The molecule has 0 aliphatic rings. The summed E-state index contributed by atoms with van der Waals surface area (Å²) in [6.07, 6.45) is 5.76. The Labute approximate surface area is 122 Å². The van der Waals surface area contributed by atoms with Gasteiger partial charge in [0.1, 0.15) is 18.1 Å². The van der Waals surface area contributed by atoms with Crippen molar-refractivity contribution in [1.82, 2.24) is 19.9 Å². The molecule has 0 atom stereocenters. The second-order valence-corrected chi connectivity index (χ2v) is 4.32. The number of aliphatic hydroxyl groups is 1. The molecule has 0 saturated heterocycles. The van der Waals surface area contributed by atoms with Gasteiger partial charge >= 0.3 is 0 Å². The van der Waals surface area contributed by atoms with Crippen LogP contribution in [0.5, 0.6) is 0 Å². The zero-order valence-corrected chi connectivity index (χ0v) is 11.7. The van der Waals surface area contributed by atoms with Crippen LogP contribution in [0.2, 0.25) is 0 Å². The summed E-state index contributed by atoms with van der Waals surface area (Å²) in [4.78, 5) is 20.3. The second kappa shape index (κ2) is 7.22. The molecule has 0 aliphatic heterocycles. The van der Waals surface area contributed by atoms with Gasteiger partial charge in [0, 0.05) is 38.6 Å². The molecular formula is C15H16N4O2. The maximum absolute atomic E-state index is 12.1. The van der Waals surface area contributed by atoms with E-state index in [0.717, 1.165) is 5.82 Å². The Balaban J connectivity index is 1.99. The van der Waals surface area contributed by atoms with Crippen molar-refractivity contribution in [1.29, 1.82) is 0 Å². The molecular weight excluding hydrogens is 268 g/mol. The fourth-order valence-corrected chi connectivity index (χ4v) is 1.83. The van der Waals surface area contributed by atoms with Crippen molar-refractivity contribution in [2.24, 2.45) is 7.05 Å². The van der Waals surface area contributed by atoms with Crippen LogP contribution in [0.4, 0.5) is 0 Å². The van der Waals surface area contributed by atoms with E-state index in [-0.39, 0.29) is 18.2 Å².